The van der Waals surface area contributed by atoms with Gasteiger partial charge in [-0.15, -0.1) is 11.3 Å². The number of para-hydroxylation sites is 1. The molecule has 0 unspecified atom stereocenters. The number of carbonyl (C=O) groups is 1. The minimum Gasteiger partial charge on any atom is -0.492 e. The fraction of sp³-hybridized carbons (Fsp3) is 0.333. The van der Waals surface area contributed by atoms with Gasteiger partial charge in [-0.05, 0) is 60.2 Å². The third kappa shape index (κ3) is 5.38. The van der Waals surface area contributed by atoms with E-state index in [4.69, 9.17) is 4.74 Å². The molecule has 3 heterocycles. The van der Waals surface area contributed by atoms with Crippen LogP contribution >= 0.6 is 11.3 Å². The summed E-state index contributed by atoms with van der Waals surface area (Å²) in [4.78, 5) is 19.6. The summed E-state index contributed by atoms with van der Waals surface area (Å²) in [7, 11) is -3.26. The van der Waals surface area contributed by atoms with Crippen molar-refractivity contribution >= 4 is 32.7 Å². The molecule has 1 N–H and O–H groups in total. The van der Waals surface area contributed by atoms with Crippen LogP contribution in [0.4, 0.5) is 0 Å². The molecule has 5 rings (SSSR count). The molecule has 36 heavy (non-hydrogen) atoms. The maximum absolute atomic E-state index is 12.7. The molecule has 1 aromatic heterocycles. The number of nitrogens with one attached hydrogen (secondary N) is 1. The zero-order valence-corrected chi connectivity index (χ0v) is 21.7. The van der Waals surface area contributed by atoms with Gasteiger partial charge in [0.05, 0.1) is 4.90 Å². The Kier molecular flexibility index (Phi) is 7.22. The van der Waals surface area contributed by atoms with E-state index in [1.54, 1.807) is 23.7 Å². The Labute approximate surface area is 215 Å². The number of thiazole rings is 1. The maximum atomic E-state index is 12.7. The molecule has 3 aromatic rings. The Bertz CT molecular complexity index is 1340. The molecule has 2 atom stereocenters. The van der Waals surface area contributed by atoms with E-state index in [1.165, 1.54) is 28.7 Å². The third-order valence-corrected chi connectivity index (χ3v) is 8.83. The molecule has 0 radical (unpaired) electrons. The number of benzene rings is 2. The molecule has 2 aliphatic heterocycles. The predicted octanol–water partition coefficient (Wildman–Crippen LogP) is 4.05. The van der Waals surface area contributed by atoms with Crippen molar-refractivity contribution in [3.05, 3.63) is 82.3 Å². The first-order valence-corrected chi connectivity index (χ1v) is 14.8. The van der Waals surface area contributed by atoms with Crippen LogP contribution in [0.3, 0.4) is 0 Å². The van der Waals surface area contributed by atoms with Crippen LogP contribution in [0.1, 0.15) is 34.6 Å². The molecule has 2 bridgehead atoms. The molecule has 0 saturated carbocycles. The second kappa shape index (κ2) is 10.5. The van der Waals surface area contributed by atoms with Gasteiger partial charge in [0.15, 0.2) is 14.8 Å². The molecule has 1 fully saturated rings. The SMILES string of the molecule is CS(=O)(=O)c1ccc(C2=C(CNC(=O)c3nccs3)[C@H]3CC[C@@H](C2)N3CCOc2ccccc2)cc1. The summed E-state index contributed by atoms with van der Waals surface area (Å²) < 4.78 is 29.9. The number of fused-ring (bicyclic) bond motifs is 2. The van der Waals surface area contributed by atoms with Gasteiger partial charge in [0, 0.05) is 43.0 Å². The van der Waals surface area contributed by atoms with Crippen molar-refractivity contribution in [1.29, 1.82) is 0 Å². The fourth-order valence-corrected chi connectivity index (χ4v) is 6.42. The van der Waals surface area contributed by atoms with Crippen LogP contribution in [0, 0.1) is 0 Å². The van der Waals surface area contributed by atoms with Gasteiger partial charge in [-0.2, -0.15) is 0 Å². The quantitative estimate of drug-likeness (QED) is 0.455. The predicted molar refractivity (Wildman–Crippen MR) is 141 cm³/mol. The molecule has 9 heteroatoms. The highest BCUT2D eigenvalue weighted by Crippen LogP contribution is 2.42. The lowest BCUT2D eigenvalue weighted by Gasteiger charge is -2.38. The number of aromatic nitrogens is 1. The third-order valence-electron chi connectivity index (χ3n) is 6.93. The summed E-state index contributed by atoms with van der Waals surface area (Å²) in [6.07, 6.45) is 5.79. The van der Waals surface area contributed by atoms with Gasteiger partial charge in [-0.25, -0.2) is 13.4 Å². The second-order valence-corrected chi connectivity index (χ2v) is 12.1. The van der Waals surface area contributed by atoms with Crippen molar-refractivity contribution in [2.45, 2.75) is 36.2 Å². The molecule has 2 aliphatic rings. The molecule has 188 valence electrons. The van der Waals surface area contributed by atoms with Crippen LogP contribution in [0.5, 0.6) is 5.75 Å². The topological polar surface area (TPSA) is 88.6 Å². The Hall–Kier alpha value is -3.01. The largest absolute Gasteiger partial charge is 0.492 e. The minimum absolute atomic E-state index is 0.177. The molecular weight excluding hydrogens is 494 g/mol. The van der Waals surface area contributed by atoms with Gasteiger partial charge in [0.1, 0.15) is 12.4 Å². The van der Waals surface area contributed by atoms with Gasteiger partial charge in [-0.3, -0.25) is 9.69 Å². The number of hydrogen-bond donors (Lipinski definition) is 1. The summed E-state index contributed by atoms with van der Waals surface area (Å²) in [5.41, 5.74) is 3.39. The molecule has 7 nitrogen and oxygen atoms in total. The number of nitrogens with zero attached hydrogens (tertiary/aromatic N) is 2. The van der Waals surface area contributed by atoms with Crippen molar-refractivity contribution in [3.8, 4) is 5.75 Å². The highest BCUT2D eigenvalue weighted by molar-refractivity contribution is 7.90. The number of sulfone groups is 1. The minimum atomic E-state index is -3.26. The Morgan fingerprint density at radius 1 is 1.14 bits per heavy atom. The standard InChI is InChI=1S/C27H29N3O4S2/c1-36(32,33)22-10-7-19(8-11-22)23-17-20-9-12-25(24(23)18-29-26(31)27-28-13-16-35-27)30(20)14-15-34-21-5-3-2-4-6-21/h2-8,10-11,13,16,20,25H,9,12,14-15,17-18H2,1H3,(H,29,31)/t20-,25+/m0/s1. The molecule has 1 amide bonds. The van der Waals surface area contributed by atoms with Crippen LogP contribution < -0.4 is 10.1 Å². The number of amides is 1. The van der Waals surface area contributed by atoms with Crippen LogP contribution in [0.25, 0.3) is 5.57 Å². The molecule has 0 spiro atoms. The average Bonchev–Trinajstić information content (AvgIpc) is 3.51. The summed E-state index contributed by atoms with van der Waals surface area (Å²) >= 11 is 1.32. The van der Waals surface area contributed by atoms with Crippen LogP contribution in [0.15, 0.2) is 76.6 Å². The number of carbonyl (C=O) groups excluding carboxylic acids is 1. The summed E-state index contributed by atoms with van der Waals surface area (Å²) in [6, 6.07) is 17.5. The van der Waals surface area contributed by atoms with Crippen molar-refractivity contribution in [2.75, 3.05) is 26.0 Å². The molecule has 1 saturated heterocycles. The second-order valence-electron chi connectivity index (χ2n) is 9.17. The van der Waals surface area contributed by atoms with Crippen molar-refractivity contribution < 1.29 is 17.9 Å². The van der Waals surface area contributed by atoms with E-state index < -0.39 is 9.84 Å². The van der Waals surface area contributed by atoms with Crippen molar-refractivity contribution in [3.63, 3.8) is 0 Å². The zero-order valence-electron chi connectivity index (χ0n) is 20.1. The van der Waals surface area contributed by atoms with E-state index in [9.17, 15) is 13.2 Å². The van der Waals surface area contributed by atoms with Crippen LogP contribution in [-0.2, 0) is 9.84 Å². The fourth-order valence-electron chi connectivity index (χ4n) is 5.24. The molecular formula is C27H29N3O4S2. The van der Waals surface area contributed by atoms with E-state index in [0.29, 0.717) is 29.1 Å². The summed E-state index contributed by atoms with van der Waals surface area (Å²) in [5.74, 6) is 0.684. The van der Waals surface area contributed by atoms with Crippen LogP contribution in [-0.4, -0.2) is 62.2 Å². The van der Waals surface area contributed by atoms with E-state index in [0.717, 1.165) is 37.1 Å². The van der Waals surface area contributed by atoms with Gasteiger partial charge in [-0.1, -0.05) is 30.3 Å². The zero-order chi connectivity index (χ0) is 25.1. The lowest BCUT2D eigenvalue weighted by atomic mass is 9.88. The van der Waals surface area contributed by atoms with Gasteiger partial charge in [0.25, 0.3) is 5.91 Å². The Morgan fingerprint density at radius 3 is 2.61 bits per heavy atom. The van der Waals surface area contributed by atoms with Crippen molar-refractivity contribution in [2.24, 2.45) is 0 Å². The molecule has 2 aromatic carbocycles. The molecule has 0 aliphatic carbocycles. The normalized spacial score (nSPS) is 19.9. The smallest absolute Gasteiger partial charge is 0.280 e. The van der Waals surface area contributed by atoms with Crippen LogP contribution in [0.2, 0.25) is 0 Å². The lowest BCUT2D eigenvalue weighted by molar-refractivity contribution is 0.0953. The first kappa shape index (κ1) is 24.7. The maximum Gasteiger partial charge on any atom is 0.280 e. The number of ether oxygens (including phenoxy) is 1. The Morgan fingerprint density at radius 2 is 1.92 bits per heavy atom. The van der Waals surface area contributed by atoms with Gasteiger partial charge >= 0.3 is 0 Å². The van der Waals surface area contributed by atoms with Gasteiger partial charge in [0.2, 0.25) is 0 Å². The Balaban J connectivity index is 1.39. The van der Waals surface area contributed by atoms with Crippen molar-refractivity contribution in [1.82, 2.24) is 15.2 Å². The highest BCUT2D eigenvalue weighted by atomic mass is 32.2. The van der Waals surface area contributed by atoms with Gasteiger partial charge < -0.3 is 10.1 Å². The summed E-state index contributed by atoms with van der Waals surface area (Å²) in [5, 5.41) is 5.31. The van der Waals surface area contributed by atoms with E-state index in [2.05, 4.69) is 15.2 Å². The van der Waals surface area contributed by atoms with E-state index in [1.807, 2.05) is 42.5 Å². The summed E-state index contributed by atoms with van der Waals surface area (Å²) in [6.45, 7) is 1.82. The number of rotatable bonds is 9. The first-order chi connectivity index (χ1) is 17.4. The monoisotopic (exact) mass is 523 g/mol. The first-order valence-electron chi connectivity index (χ1n) is 12.0. The number of hydrogen-bond acceptors (Lipinski definition) is 7. The highest BCUT2D eigenvalue weighted by Gasteiger charge is 2.41. The van der Waals surface area contributed by atoms with E-state index in [-0.39, 0.29) is 11.9 Å². The van der Waals surface area contributed by atoms with E-state index >= 15 is 0 Å². The lowest BCUT2D eigenvalue weighted by Crippen LogP contribution is -2.45. The average molecular weight is 524 g/mol.